The van der Waals surface area contributed by atoms with Crippen molar-refractivity contribution in [3.05, 3.63) is 0 Å². The number of thiocarbonyl (C=S) groups is 1. The second-order valence-corrected chi connectivity index (χ2v) is 4.84. The molecule has 0 radical (unpaired) electrons. The van der Waals surface area contributed by atoms with Crippen LogP contribution in [0.15, 0.2) is 0 Å². The SMILES string of the molecule is CCCC(C(=O)N1CCN(C)CC1)C(N)=S. The smallest absolute Gasteiger partial charge is 0.232 e. The molecule has 92 valence electrons. The van der Waals surface area contributed by atoms with Crippen molar-refractivity contribution in [1.29, 1.82) is 0 Å². The highest BCUT2D eigenvalue weighted by atomic mass is 32.1. The van der Waals surface area contributed by atoms with Crippen molar-refractivity contribution in [3.8, 4) is 0 Å². The monoisotopic (exact) mass is 243 g/mol. The Labute approximate surface area is 103 Å². The molecule has 0 saturated carbocycles. The maximum atomic E-state index is 12.2. The van der Waals surface area contributed by atoms with Crippen molar-refractivity contribution in [2.24, 2.45) is 11.7 Å². The van der Waals surface area contributed by atoms with Crippen molar-refractivity contribution in [2.75, 3.05) is 33.2 Å². The first-order chi connectivity index (χ1) is 7.56. The normalized spacial score (nSPS) is 19.5. The molecule has 5 heteroatoms. The van der Waals surface area contributed by atoms with E-state index in [9.17, 15) is 4.79 Å². The molecular formula is C11H21N3OS. The molecule has 1 atom stereocenters. The Hall–Kier alpha value is -0.680. The Morgan fingerprint density at radius 2 is 1.94 bits per heavy atom. The van der Waals surface area contributed by atoms with Crippen LogP contribution in [-0.2, 0) is 4.79 Å². The van der Waals surface area contributed by atoms with Gasteiger partial charge in [0, 0.05) is 26.2 Å². The van der Waals surface area contributed by atoms with Crippen LogP contribution >= 0.6 is 12.2 Å². The van der Waals surface area contributed by atoms with Crippen LogP contribution < -0.4 is 5.73 Å². The van der Waals surface area contributed by atoms with Crippen molar-refractivity contribution >= 4 is 23.1 Å². The number of likely N-dealkylation sites (N-methyl/N-ethyl adjacent to an activating group) is 1. The van der Waals surface area contributed by atoms with Crippen LogP contribution in [0.5, 0.6) is 0 Å². The Morgan fingerprint density at radius 3 is 2.38 bits per heavy atom. The summed E-state index contributed by atoms with van der Waals surface area (Å²) in [6.07, 6.45) is 1.70. The first-order valence-electron chi connectivity index (χ1n) is 5.83. The zero-order valence-electron chi connectivity index (χ0n) is 10.1. The minimum absolute atomic E-state index is 0.113. The predicted molar refractivity (Wildman–Crippen MR) is 69.3 cm³/mol. The van der Waals surface area contributed by atoms with Crippen LogP contribution in [0.4, 0.5) is 0 Å². The van der Waals surface area contributed by atoms with E-state index in [1.807, 2.05) is 11.8 Å². The van der Waals surface area contributed by atoms with E-state index in [-0.39, 0.29) is 11.8 Å². The van der Waals surface area contributed by atoms with Gasteiger partial charge < -0.3 is 15.5 Å². The molecule has 0 spiro atoms. The van der Waals surface area contributed by atoms with Gasteiger partial charge in [-0.05, 0) is 13.5 Å². The van der Waals surface area contributed by atoms with Gasteiger partial charge in [0.1, 0.15) is 0 Å². The summed E-state index contributed by atoms with van der Waals surface area (Å²) >= 11 is 4.97. The molecule has 1 saturated heterocycles. The average molecular weight is 243 g/mol. The van der Waals surface area contributed by atoms with E-state index in [0.717, 1.165) is 39.0 Å². The van der Waals surface area contributed by atoms with Gasteiger partial charge in [-0.2, -0.15) is 0 Å². The average Bonchev–Trinajstić information content (AvgIpc) is 2.25. The molecular weight excluding hydrogens is 222 g/mol. The fourth-order valence-corrected chi connectivity index (χ4v) is 2.14. The van der Waals surface area contributed by atoms with E-state index < -0.39 is 0 Å². The lowest BCUT2D eigenvalue weighted by atomic mass is 10.0. The molecule has 2 N–H and O–H groups in total. The quantitative estimate of drug-likeness (QED) is 0.729. The van der Waals surface area contributed by atoms with E-state index in [4.69, 9.17) is 18.0 Å². The van der Waals surface area contributed by atoms with Crippen LogP contribution in [0.3, 0.4) is 0 Å². The van der Waals surface area contributed by atoms with Crippen molar-refractivity contribution in [3.63, 3.8) is 0 Å². The molecule has 1 unspecified atom stereocenters. The van der Waals surface area contributed by atoms with Gasteiger partial charge in [-0.1, -0.05) is 25.6 Å². The lowest BCUT2D eigenvalue weighted by Crippen LogP contribution is -2.50. The second kappa shape index (κ2) is 6.15. The van der Waals surface area contributed by atoms with E-state index in [2.05, 4.69) is 11.9 Å². The van der Waals surface area contributed by atoms with Gasteiger partial charge in [0.25, 0.3) is 0 Å². The highest BCUT2D eigenvalue weighted by molar-refractivity contribution is 7.80. The third-order valence-electron chi connectivity index (χ3n) is 3.03. The number of carbonyl (C=O) groups excluding carboxylic acids is 1. The van der Waals surface area contributed by atoms with Crippen molar-refractivity contribution < 1.29 is 4.79 Å². The minimum atomic E-state index is -0.261. The summed E-state index contributed by atoms with van der Waals surface area (Å²) in [5.41, 5.74) is 5.63. The minimum Gasteiger partial charge on any atom is -0.393 e. The van der Waals surface area contributed by atoms with Gasteiger partial charge in [-0.15, -0.1) is 0 Å². The third-order valence-corrected chi connectivity index (χ3v) is 3.32. The molecule has 1 heterocycles. The maximum Gasteiger partial charge on any atom is 0.232 e. The van der Waals surface area contributed by atoms with Crippen molar-refractivity contribution in [1.82, 2.24) is 9.80 Å². The van der Waals surface area contributed by atoms with Gasteiger partial charge in [0.2, 0.25) is 5.91 Å². The van der Waals surface area contributed by atoms with Crippen molar-refractivity contribution in [2.45, 2.75) is 19.8 Å². The van der Waals surface area contributed by atoms with Gasteiger partial charge in [0.05, 0.1) is 10.9 Å². The van der Waals surface area contributed by atoms with Gasteiger partial charge in [-0.25, -0.2) is 0 Å². The third kappa shape index (κ3) is 3.42. The van der Waals surface area contributed by atoms with Gasteiger partial charge >= 0.3 is 0 Å². The zero-order valence-corrected chi connectivity index (χ0v) is 10.9. The van der Waals surface area contributed by atoms with Crippen LogP contribution in [0, 0.1) is 5.92 Å². The number of hydrogen-bond donors (Lipinski definition) is 1. The fraction of sp³-hybridized carbons (Fsp3) is 0.818. The Bertz CT molecular complexity index is 262. The number of rotatable bonds is 4. The number of carbonyl (C=O) groups is 1. The number of amides is 1. The summed E-state index contributed by atoms with van der Waals surface area (Å²) in [4.78, 5) is 16.6. The first-order valence-corrected chi connectivity index (χ1v) is 6.23. The standard InChI is InChI=1S/C11H21N3OS/c1-3-4-9(10(12)16)11(15)14-7-5-13(2)6-8-14/h9H,3-8H2,1-2H3,(H2,12,16). The molecule has 16 heavy (non-hydrogen) atoms. The van der Waals surface area contributed by atoms with E-state index in [0.29, 0.717) is 4.99 Å². The summed E-state index contributed by atoms with van der Waals surface area (Å²) in [6.45, 7) is 5.49. The lowest BCUT2D eigenvalue weighted by molar-refractivity contribution is -0.135. The molecule has 1 amide bonds. The molecule has 0 bridgehead atoms. The predicted octanol–water partition coefficient (Wildman–Crippen LogP) is 0.463. The maximum absolute atomic E-state index is 12.2. The number of piperazine rings is 1. The fourth-order valence-electron chi connectivity index (χ4n) is 1.92. The van der Waals surface area contributed by atoms with E-state index in [1.165, 1.54) is 0 Å². The largest absolute Gasteiger partial charge is 0.393 e. The van der Waals surface area contributed by atoms with Gasteiger partial charge in [-0.3, -0.25) is 4.79 Å². The number of nitrogens with zero attached hydrogens (tertiary/aromatic N) is 2. The summed E-state index contributed by atoms with van der Waals surface area (Å²) in [5, 5.41) is 0. The van der Waals surface area contributed by atoms with Gasteiger partial charge in [0.15, 0.2) is 0 Å². The summed E-state index contributed by atoms with van der Waals surface area (Å²) < 4.78 is 0. The Balaban J connectivity index is 2.57. The zero-order chi connectivity index (χ0) is 12.1. The Morgan fingerprint density at radius 1 is 1.38 bits per heavy atom. The number of hydrogen-bond acceptors (Lipinski definition) is 3. The molecule has 1 aliphatic heterocycles. The highest BCUT2D eigenvalue weighted by Gasteiger charge is 2.27. The molecule has 0 aromatic rings. The summed E-state index contributed by atoms with van der Waals surface area (Å²) in [7, 11) is 2.07. The molecule has 4 nitrogen and oxygen atoms in total. The van der Waals surface area contributed by atoms with Crippen LogP contribution in [0.2, 0.25) is 0 Å². The second-order valence-electron chi connectivity index (χ2n) is 4.37. The molecule has 1 fully saturated rings. The van der Waals surface area contributed by atoms with Crippen LogP contribution in [-0.4, -0.2) is 53.9 Å². The van der Waals surface area contributed by atoms with Crippen LogP contribution in [0.1, 0.15) is 19.8 Å². The van der Waals surface area contributed by atoms with E-state index >= 15 is 0 Å². The first kappa shape index (κ1) is 13.4. The lowest BCUT2D eigenvalue weighted by Gasteiger charge is -2.34. The van der Waals surface area contributed by atoms with Crippen LogP contribution in [0.25, 0.3) is 0 Å². The number of nitrogens with two attached hydrogens (primary N) is 1. The topological polar surface area (TPSA) is 49.6 Å². The Kier molecular flexibility index (Phi) is 5.15. The summed E-state index contributed by atoms with van der Waals surface area (Å²) in [6, 6.07) is 0. The molecule has 1 aliphatic rings. The summed E-state index contributed by atoms with van der Waals surface area (Å²) in [5.74, 6) is -0.147. The highest BCUT2D eigenvalue weighted by Crippen LogP contribution is 2.13. The van der Waals surface area contributed by atoms with E-state index in [1.54, 1.807) is 0 Å². The molecule has 0 aliphatic carbocycles. The molecule has 0 aromatic heterocycles. The molecule has 1 rings (SSSR count). The molecule has 0 aromatic carbocycles.